The van der Waals surface area contributed by atoms with Crippen molar-refractivity contribution in [2.24, 2.45) is 0 Å². The Morgan fingerprint density at radius 1 is 1.17 bits per heavy atom. The Kier molecular flexibility index (Phi) is 3.81. The first-order valence-electron chi connectivity index (χ1n) is 9.42. The minimum Gasteiger partial charge on any atom is -0.357 e. The van der Waals surface area contributed by atoms with Crippen LogP contribution in [0.4, 0.5) is 5.69 Å². The molecule has 0 saturated carbocycles. The van der Waals surface area contributed by atoms with Crippen LogP contribution in [0, 0.1) is 6.92 Å². The fourth-order valence-corrected chi connectivity index (χ4v) is 3.95. The van der Waals surface area contributed by atoms with Gasteiger partial charge in [0.1, 0.15) is 0 Å². The van der Waals surface area contributed by atoms with Crippen molar-refractivity contribution in [2.45, 2.75) is 19.8 Å². The normalized spacial score (nSPS) is 13.1. The molecule has 3 aromatic heterocycles. The van der Waals surface area contributed by atoms with Crippen LogP contribution in [0.15, 0.2) is 49.3 Å². The Bertz CT molecular complexity index is 1350. The van der Waals surface area contributed by atoms with Crippen molar-refractivity contribution < 1.29 is 9.59 Å². The van der Waals surface area contributed by atoms with E-state index in [1.165, 1.54) is 6.08 Å². The van der Waals surface area contributed by atoms with Crippen molar-refractivity contribution in [1.29, 1.82) is 0 Å². The molecule has 29 heavy (non-hydrogen) atoms. The molecule has 6 nitrogen and oxygen atoms in total. The molecular weight excluding hydrogens is 364 g/mol. The maximum absolute atomic E-state index is 12.3. The van der Waals surface area contributed by atoms with Gasteiger partial charge in [0.2, 0.25) is 5.91 Å². The molecular formula is C23H18N4O2. The highest BCUT2D eigenvalue weighted by atomic mass is 16.1. The van der Waals surface area contributed by atoms with Crippen LogP contribution in [0.5, 0.6) is 0 Å². The van der Waals surface area contributed by atoms with Crippen LogP contribution in [0.1, 0.15) is 28.2 Å². The molecule has 0 bridgehead atoms. The predicted molar refractivity (Wildman–Crippen MR) is 113 cm³/mol. The molecule has 0 atom stereocenters. The molecule has 1 aromatic carbocycles. The highest BCUT2D eigenvalue weighted by molar-refractivity contribution is 6.17. The summed E-state index contributed by atoms with van der Waals surface area (Å²) in [6.45, 7) is 5.31. The standard InChI is InChI=1S/C23H18N4O2/c1-3-21(29)26-18-8-14(11-24-12(18)2)19-9-16-13(10-25-19)4-5-15-22-17(27-23(15)16)6-7-20(22)28/h3-5,8-11,27H,1,6-7H2,2H3,(H,26,29). The van der Waals surface area contributed by atoms with Crippen LogP contribution >= 0.6 is 0 Å². The molecule has 0 fully saturated rings. The molecule has 0 unspecified atom stereocenters. The third-order valence-corrected chi connectivity index (χ3v) is 5.46. The first-order chi connectivity index (χ1) is 14.0. The first kappa shape index (κ1) is 17.3. The average Bonchev–Trinajstić information content (AvgIpc) is 3.29. The molecule has 1 aliphatic rings. The second-order valence-electron chi connectivity index (χ2n) is 7.23. The summed E-state index contributed by atoms with van der Waals surface area (Å²) >= 11 is 0. The van der Waals surface area contributed by atoms with E-state index in [4.69, 9.17) is 0 Å². The van der Waals surface area contributed by atoms with Crippen LogP contribution in [-0.4, -0.2) is 26.6 Å². The number of rotatable bonds is 3. The Labute approximate surface area is 166 Å². The molecule has 3 heterocycles. The molecule has 1 aliphatic carbocycles. The second-order valence-corrected chi connectivity index (χ2v) is 7.23. The summed E-state index contributed by atoms with van der Waals surface area (Å²) in [7, 11) is 0. The summed E-state index contributed by atoms with van der Waals surface area (Å²) in [6.07, 6.45) is 6.12. The van der Waals surface area contributed by atoms with E-state index in [2.05, 4.69) is 26.8 Å². The van der Waals surface area contributed by atoms with Crippen LogP contribution in [0.3, 0.4) is 0 Å². The third kappa shape index (κ3) is 2.72. The van der Waals surface area contributed by atoms with Gasteiger partial charge in [-0.05, 0) is 31.6 Å². The Morgan fingerprint density at radius 3 is 2.86 bits per heavy atom. The SMILES string of the molecule is C=CC(=O)Nc1cc(-c2cc3c(ccc4c5c([nH]c43)CCC5=O)cn2)cnc1C. The fourth-order valence-electron chi connectivity index (χ4n) is 3.95. The number of hydrogen-bond donors (Lipinski definition) is 2. The number of aryl methyl sites for hydroxylation is 2. The van der Waals surface area contributed by atoms with Crippen LogP contribution < -0.4 is 5.32 Å². The largest absolute Gasteiger partial charge is 0.357 e. The minimum atomic E-state index is -0.286. The van der Waals surface area contributed by atoms with E-state index >= 15 is 0 Å². The van der Waals surface area contributed by atoms with E-state index in [9.17, 15) is 9.59 Å². The number of carbonyl (C=O) groups is 2. The van der Waals surface area contributed by atoms with Crippen molar-refractivity contribution in [1.82, 2.24) is 15.0 Å². The molecule has 0 radical (unpaired) electrons. The molecule has 6 heteroatoms. The quantitative estimate of drug-likeness (QED) is 0.516. The van der Waals surface area contributed by atoms with Crippen LogP contribution in [-0.2, 0) is 11.2 Å². The lowest BCUT2D eigenvalue weighted by atomic mass is 10.0. The highest BCUT2D eigenvalue weighted by Crippen LogP contribution is 2.35. The van der Waals surface area contributed by atoms with Gasteiger partial charge in [0.25, 0.3) is 0 Å². The number of nitrogens with one attached hydrogen (secondary N) is 2. The fraction of sp³-hybridized carbons (Fsp3) is 0.130. The van der Waals surface area contributed by atoms with Gasteiger partial charge in [-0.15, -0.1) is 0 Å². The van der Waals surface area contributed by atoms with E-state index < -0.39 is 0 Å². The number of hydrogen-bond acceptors (Lipinski definition) is 4. The molecule has 5 rings (SSSR count). The highest BCUT2D eigenvalue weighted by Gasteiger charge is 2.25. The zero-order valence-corrected chi connectivity index (χ0v) is 15.9. The van der Waals surface area contributed by atoms with Crippen molar-refractivity contribution in [3.05, 3.63) is 66.3 Å². The molecule has 0 aliphatic heterocycles. The van der Waals surface area contributed by atoms with Gasteiger partial charge in [-0.25, -0.2) is 0 Å². The molecule has 2 N–H and O–H groups in total. The Hall–Kier alpha value is -3.80. The van der Waals surface area contributed by atoms with Crippen LogP contribution in [0.2, 0.25) is 0 Å². The lowest BCUT2D eigenvalue weighted by Gasteiger charge is -2.09. The number of Topliss-reactive ketones (excluding diaryl/α,β-unsaturated/α-hetero) is 1. The number of H-pyrrole nitrogens is 1. The van der Waals surface area contributed by atoms with Gasteiger partial charge in [-0.1, -0.05) is 18.7 Å². The number of ketones is 1. The summed E-state index contributed by atoms with van der Waals surface area (Å²) in [5.41, 5.74) is 5.68. The lowest BCUT2D eigenvalue weighted by Crippen LogP contribution is -2.09. The van der Waals surface area contributed by atoms with Crippen molar-refractivity contribution >= 4 is 39.1 Å². The van der Waals surface area contributed by atoms with E-state index in [1.54, 1.807) is 6.20 Å². The second kappa shape index (κ2) is 6.38. The Balaban J connectivity index is 1.67. The number of pyridine rings is 2. The van der Waals surface area contributed by atoms with Crippen LogP contribution in [0.25, 0.3) is 32.9 Å². The maximum atomic E-state index is 12.3. The summed E-state index contributed by atoms with van der Waals surface area (Å²) in [5.74, 6) is -0.0870. The molecule has 142 valence electrons. The van der Waals surface area contributed by atoms with Gasteiger partial charge in [-0.3, -0.25) is 19.6 Å². The zero-order valence-electron chi connectivity index (χ0n) is 15.9. The monoisotopic (exact) mass is 382 g/mol. The summed E-state index contributed by atoms with van der Waals surface area (Å²) in [4.78, 5) is 36.4. The minimum absolute atomic E-state index is 0.199. The molecule has 1 amide bonds. The first-order valence-corrected chi connectivity index (χ1v) is 9.42. The van der Waals surface area contributed by atoms with Gasteiger partial charge in [0, 0.05) is 51.8 Å². The van der Waals surface area contributed by atoms with Gasteiger partial charge in [-0.2, -0.15) is 0 Å². The summed E-state index contributed by atoms with van der Waals surface area (Å²) in [6, 6.07) is 7.85. The van der Waals surface area contributed by atoms with Crippen molar-refractivity contribution in [3.8, 4) is 11.3 Å². The number of carbonyl (C=O) groups excluding carboxylic acids is 2. The maximum Gasteiger partial charge on any atom is 0.247 e. The topological polar surface area (TPSA) is 87.7 Å². The van der Waals surface area contributed by atoms with E-state index in [0.717, 1.165) is 50.6 Å². The van der Waals surface area contributed by atoms with E-state index in [1.807, 2.05) is 37.4 Å². The predicted octanol–water partition coefficient (Wildman–Crippen LogP) is 4.34. The van der Waals surface area contributed by atoms with Gasteiger partial charge in [0.15, 0.2) is 5.78 Å². The smallest absolute Gasteiger partial charge is 0.247 e. The summed E-state index contributed by atoms with van der Waals surface area (Å²) in [5, 5.41) is 5.74. The number of aromatic nitrogens is 3. The third-order valence-electron chi connectivity index (χ3n) is 5.46. The average molecular weight is 382 g/mol. The lowest BCUT2D eigenvalue weighted by molar-refractivity contribution is -0.111. The van der Waals surface area contributed by atoms with Gasteiger partial charge >= 0.3 is 0 Å². The van der Waals surface area contributed by atoms with Crippen molar-refractivity contribution in [3.63, 3.8) is 0 Å². The number of benzene rings is 1. The van der Waals surface area contributed by atoms with E-state index in [-0.39, 0.29) is 11.7 Å². The summed E-state index contributed by atoms with van der Waals surface area (Å²) < 4.78 is 0. The van der Waals surface area contributed by atoms with Gasteiger partial charge < -0.3 is 10.3 Å². The van der Waals surface area contributed by atoms with Crippen molar-refractivity contribution in [2.75, 3.05) is 5.32 Å². The van der Waals surface area contributed by atoms with Gasteiger partial charge in [0.05, 0.1) is 22.6 Å². The molecule has 4 aromatic rings. The number of anilines is 1. The number of amides is 1. The Morgan fingerprint density at radius 2 is 2.03 bits per heavy atom. The van der Waals surface area contributed by atoms with E-state index in [0.29, 0.717) is 17.8 Å². The number of fused-ring (bicyclic) bond motifs is 5. The number of nitrogens with zero attached hydrogens (tertiary/aromatic N) is 2. The molecule has 0 spiro atoms. The molecule has 0 saturated heterocycles. The zero-order chi connectivity index (χ0) is 20.1. The number of aromatic amines is 1.